The Labute approximate surface area is 219 Å². The molecule has 1 unspecified atom stereocenters. The summed E-state index contributed by atoms with van der Waals surface area (Å²) in [5.41, 5.74) is 3.46. The number of aliphatic hydroxyl groups is 1. The Morgan fingerprint density at radius 2 is 1.81 bits per heavy atom. The molecule has 2 heterocycles. The number of hydrogen-bond donors (Lipinski definition) is 2. The number of halogens is 2. The van der Waals surface area contributed by atoms with Crippen LogP contribution in [0.1, 0.15) is 35.0 Å². The summed E-state index contributed by atoms with van der Waals surface area (Å²) >= 11 is 12.3. The standard InChI is InChI=1S/C28H27Cl2N3O3/c1-17-5-7-20(8-6-17)24-23-4-3-10-31-25(23)28(36)33(11-9-18(2)16-34)26(24)27(35)32-15-19-12-21(29)14-22(30)13-19/h3-8,10,12-14,18,34H,9,11,15-16H2,1-2H3,(H,32,35). The van der Waals surface area contributed by atoms with Gasteiger partial charge in [0.1, 0.15) is 11.2 Å². The molecule has 0 fully saturated rings. The second-order valence-corrected chi connectivity index (χ2v) is 9.86. The molecule has 6 nitrogen and oxygen atoms in total. The number of nitrogens with one attached hydrogen (secondary N) is 1. The number of aliphatic hydroxyl groups excluding tert-OH is 1. The Morgan fingerprint density at radius 1 is 1.11 bits per heavy atom. The van der Waals surface area contributed by atoms with E-state index in [1.54, 1.807) is 30.5 Å². The SMILES string of the molecule is Cc1ccc(-c2c(C(=O)NCc3cc(Cl)cc(Cl)c3)n(CCC(C)CO)c(=O)c3ncccc23)cc1. The van der Waals surface area contributed by atoms with Gasteiger partial charge in [-0.05, 0) is 54.7 Å². The summed E-state index contributed by atoms with van der Waals surface area (Å²) in [5, 5.41) is 14.0. The molecular weight excluding hydrogens is 497 g/mol. The molecule has 2 N–H and O–H groups in total. The predicted molar refractivity (Wildman–Crippen MR) is 145 cm³/mol. The van der Waals surface area contributed by atoms with Crippen molar-refractivity contribution in [1.82, 2.24) is 14.9 Å². The van der Waals surface area contributed by atoms with Gasteiger partial charge in [-0.2, -0.15) is 0 Å². The zero-order chi connectivity index (χ0) is 25.8. The maximum absolute atomic E-state index is 13.8. The van der Waals surface area contributed by atoms with Crippen LogP contribution in [0.3, 0.4) is 0 Å². The Kier molecular flexibility index (Phi) is 8.09. The summed E-state index contributed by atoms with van der Waals surface area (Å²) in [4.78, 5) is 31.7. The molecule has 0 aliphatic heterocycles. The van der Waals surface area contributed by atoms with E-state index in [0.29, 0.717) is 32.9 Å². The molecule has 0 radical (unpaired) electrons. The number of carbonyl (C=O) groups is 1. The van der Waals surface area contributed by atoms with Crippen LogP contribution in [0.5, 0.6) is 0 Å². The average molecular weight is 524 g/mol. The lowest BCUT2D eigenvalue weighted by molar-refractivity contribution is 0.0940. The number of rotatable bonds is 8. The van der Waals surface area contributed by atoms with Gasteiger partial charge in [-0.15, -0.1) is 0 Å². The summed E-state index contributed by atoms with van der Waals surface area (Å²) in [6.07, 6.45) is 2.10. The number of benzene rings is 2. The van der Waals surface area contributed by atoms with Crippen molar-refractivity contribution in [2.24, 2.45) is 5.92 Å². The average Bonchev–Trinajstić information content (AvgIpc) is 2.86. The van der Waals surface area contributed by atoms with Crippen LogP contribution in [0, 0.1) is 12.8 Å². The highest BCUT2D eigenvalue weighted by atomic mass is 35.5. The molecule has 36 heavy (non-hydrogen) atoms. The van der Waals surface area contributed by atoms with Gasteiger partial charge >= 0.3 is 0 Å². The van der Waals surface area contributed by atoms with E-state index in [0.717, 1.165) is 16.7 Å². The second kappa shape index (κ2) is 11.2. The molecule has 0 aliphatic carbocycles. The fourth-order valence-corrected chi connectivity index (χ4v) is 4.72. The van der Waals surface area contributed by atoms with Crippen molar-refractivity contribution in [1.29, 1.82) is 0 Å². The van der Waals surface area contributed by atoms with Crippen LogP contribution >= 0.6 is 23.2 Å². The number of nitrogens with zero attached hydrogens (tertiary/aromatic N) is 2. The number of fused-ring (bicyclic) bond motifs is 1. The van der Waals surface area contributed by atoms with Gasteiger partial charge in [-0.1, -0.05) is 66.0 Å². The van der Waals surface area contributed by atoms with Gasteiger partial charge in [0.15, 0.2) is 0 Å². The summed E-state index contributed by atoms with van der Waals surface area (Å²) in [6.45, 7) is 4.32. The first-order valence-corrected chi connectivity index (χ1v) is 12.5. The lowest BCUT2D eigenvalue weighted by atomic mass is 9.97. The minimum absolute atomic E-state index is 0.0115. The molecule has 2 aromatic heterocycles. The van der Waals surface area contributed by atoms with Crippen LogP contribution in [0.15, 0.2) is 65.6 Å². The molecule has 0 aliphatic rings. The fourth-order valence-electron chi connectivity index (χ4n) is 4.15. The lowest BCUT2D eigenvalue weighted by Gasteiger charge is -2.20. The van der Waals surface area contributed by atoms with Gasteiger partial charge in [-0.3, -0.25) is 14.6 Å². The van der Waals surface area contributed by atoms with Crippen LogP contribution in [0.25, 0.3) is 22.0 Å². The van der Waals surface area contributed by atoms with Crippen molar-refractivity contribution in [3.8, 4) is 11.1 Å². The van der Waals surface area contributed by atoms with Gasteiger partial charge < -0.3 is 15.0 Å². The number of amides is 1. The van der Waals surface area contributed by atoms with Crippen LogP contribution in [-0.2, 0) is 13.1 Å². The molecule has 0 bridgehead atoms. The van der Waals surface area contributed by atoms with E-state index in [4.69, 9.17) is 23.2 Å². The molecule has 186 valence electrons. The number of carbonyl (C=O) groups excluding carboxylic acids is 1. The molecule has 0 saturated heterocycles. The molecule has 1 atom stereocenters. The molecule has 2 aromatic carbocycles. The van der Waals surface area contributed by atoms with Crippen LogP contribution in [0.2, 0.25) is 10.0 Å². The molecule has 1 amide bonds. The lowest BCUT2D eigenvalue weighted by Crippen LogP contribution is -2.34. The first kappa shape index (κ1) is 25.9. The van der Waals surface area contributed by atoms with Crippen LogP contribution in [-0.4, -0.2) is 27.2 Å². The third kappa shape index (κ3) is 5.62. The number of aromatic nitrogens is 2. The van der Waals surface area contributed by atoms with Gasteiger partial charge in [0.05, 0.1) is 0 Å². The number of pyridine rings is 2. The van der Waals surface area contributed by atoms with Crippen molar-refractivity contribution in [2.45, 2.75) is 33.4 Å². The van der Waals surface area contributed by atoms with Crippen molar-refractivity contribution in [2.75, 3.05) is 6.61 Å². The monoisotopic (exact) mass is 523 g/mol. The van der Waals surface area contributed by atoms with Gasteiger partial charge in [0.25, 0.3) is 11.5 Å². The minimum atomic E-state index is -0.402. The maximum atomic E-state index is 13.8. The van der Waals surface area contributed by atoms with Crippen molar-refractivity contribution >= 4 is 40.0 Å². The Balaban J connectivity index is 1.89. The number of aryl methyl sites for hydroxylation is 1. The van der Waals surface area contributed by atoms with Crippen LogP contribution < -0.4 is 10.9 Å². The third-order valence-electron chi connectivity index (χ3n) is 6.12. The minimum Gasteiger partial charge on any atom is -0.396 e. The fraction of sp³-hybridized carbons (Fsp3) is 0.250. The highest BCUT2D eigenvalue weighted by Crippen LogP contribution is 2.31. The van der Waals surface area contributed by atoms with E-state index in [1.165, 1.54) is 4.57 Å². The van der Waals surface area contributed by atoms with Crippen molar-refractivity contribution in [3.05, 3.63) is 98.0 Å². The van der Waals surface area contributed by atoms with Crippen LogP contribution in [0.4, 0.5) is 0 Å². The molecular formula is C28H27Cl2N3O3. The number of hydrogen-bond acceptors (Lipinski definition) is 4. The summed E-state index contributed by atoms with van der Waals surface area (Å²) < 4.78 is 1.48. The Morgan fingerprint density at radius 3 is 2.47 bits per heavy atom. The van der Waals surface area contributed by atoms with Gasteiger partial charge in [0, 0.05) is 46.9 Å². The smallest absolute Gasteiger partial charge is 0.277 e. The predicted octanol–water partition coefficient (Wildman–Crippen LogP) is 5.63. The molecule has 4 aromatic rings. The highest BCUT2D eigenvalue weighted by Gasteiger charge is 2.24. The van der Waals surface area contributed by atoms with E-state index in [9.17, 15) is 14.7 Å². The first-order chi connectivity index (χ1) is 17.3. The quantitative estimate of drug-likeness (QED) is 0.313. The van der Waals surface area contributed by atoms with E-state index < -0.39 is 5.91 Å². The van der Waals surface area contributed by atoms with Gasteiger partial charge in [-0.25, -0.2) is 0 Å². The zero-order valence-corrected chi connectivity index (χ0v) is 21.6. The molecule has 8 heteroatoms. The summed E-state index contributed by atoms with van der Waals surface area (Å²) in [7, 11) is 0. The highest BCUT2D eigenvalue weighted by molar-refractivity contribution is 6.34. The molecule has 0 saturated carbocycles. The Bertz CT molecular complexity index is 1450. The van der Waals surface area contributed by atoms with Crippen molar-refractivity contribution < 1.29 is 9.90 Å². The molecule has 4 rings (SSSR count). The van der Waals surface area contributed by atoms with E-state index >= 15 is 0 Å². The summed E-state index contributed by atoms with van der Waals surface area (Å²) in [5.74, 6) is -0.440. The van der Waals surface area contributed by atoms with E-state index in [-0.39, 0.29) is 36.9 Å². The van der Waals surface area contributed by atoms with Crippen molar-refractivity contribution in [3.63, 3.8) is 0 Å². The zero-order valence-electron chi connectivity index (χ0n) is 20.1. The third-order valence-corrected chi connectivity index (χ3v) is 6.56. The second-order valence-electron chi connectivity index (χ2n) is 8.98. The Hall–Kier alpha value is -3.19. The largest absolute Gasteiger partial charge is 0.396 e. The summed E-state index contributed by atoms with van der Waals surface area (Å²) in [6, 6.07) is 16.5. The first-order valence-electron chi connectivity index (χ1n) is 11.7. The maximum Gasteiger partial charge on any atom is 0.277 e. The molecule has 0 spiro atoms. The van der Waals surface area contributed by atoms with E-state index in [1.807, 2.05) is 44.2 Å². The van der Waals surface area contributed by atoms with Gasteiger partial charge in [0.2, 0.25) is 0 Å². The topological polar surface area (TPSA) is 84.2 Å². The van der Waals surface area contributed by atoms with E-state index in [2.05, 4.69) is 10.3 Å². The normalized spacial score (nSPS) is 12.0.